The highest BCUT2D eigenvalue weighted by Crippen LogP contribution is 2.30. The van der Waals surface area contributed by atoms with Gasteiger partial charge in [0.05, 0.1) is 23.8 Å². The molecule has 94 valence electrons. The molecule has 0 bridgehead atoms. The lowest BCUT2D eigenvalue weighted by Crippen LogP contribution is -2.33. The molecule has 0 radical (unpaired) electrons. The fourth-order valence-corrected chi connectivity index (χ4v) is 2.75. The Balaban J connectivity index is 2.00. The quantitative estimate of drug-likeness (QED) is 0.840. The summed E-state index contributed by atoms with van der Waals surface area (Å²) in [6, 6.07) is 2.72. The summed E-state index contributed by atoms with van der Waals surface area (Å²) < 4.78 is 0. The molecule has 3 nitrogen and oxygen atoms in total. The predicted octanol–water partition coefficient (Wildman–Crippen LogP) is 3.36. The number of hydrogen-bond donors (Lipinski definition) is 2. The zero-order valence-corrected chi connectivity index (χ0v) is 11.0. The Morgan fingerprint density at radius 3 is 2.65 bits per heavy atom. The van der Waals surface area contributed by atoms with Crippen molar-refractivity contribution in [2.45, 2.75) is 39.2 Å². The minimum atomic E-state index is 0.597. The van der Waals surface area contributed by atoms with E-state index in [2.05, 4.69) is 35.5 Å². The molecule has 1 aromatic heterocycles. The summed E-state index contributed by atoms with van der Waals surface area (Å²) in [5.74, 6) is 1.63. The first-order valence-corrected chi connectivity index (χ1v) is 6.58. The van der Waals surface area contributed by atoms with Crippen molar-refractivity contribution in [3.8, 4) is 0 Å². The number of aromatic nitrogens is 1. The number of rotatable bonds is 3. The molecule has 0 aliphatic heterocycles. The van der Waals surface area contributed by atoms with Crippen LogP contribution in [-0.2, 0) is 0 Å². The Morgan fingerprint density at radius 1 is 1.18 bits per heavy atom. The van der Waals surface area contributed by atoms with Crippen LogP contribution < -0.4 is 10.6 Å². The summed E-state index contributed by atoms with van der Waals surface area (Å²) in [7, 11) is 1.92. The van der Waals surface area contributed by atoms with Crippen LogP contribution in [-0.4, -0.2) is 18.1 Å². The van der Waals surface area contributed by atoms with Crippen LogP contribution in [0, 0.1) is 11.8 Å². The summed E-state index contributed by atoms with van der Waals surface area (Å²) in [5, 5.41) is 6.74. The van der Waals surface area contributed by atoms with Gasteiger partial charge in [-0.05, 0) is 37.2 Å². The highest BCUT2D eigenvalue weighted by Gasteiger charge is 2.25. The molecular weight excluding hydrogens is 210 g/mol. The number of nitrogens with zero attached hydrogens (tertiary/aromatic N) is 1. The fraction of sp³-hybridized carbons (Fsp3) is 0.643. The summed E-state index contributed by atoms with van der Waals surface area (Å²) in [4.78, 5) is 4.24. The van der Waals surface area contributed by atoms with Crippen LogP contribution in [0.1, 0.15) is 33.1 Å². The standard InChI is InChI=1S/C14H23N3/c1-10-4-5-14(11(2)6-10)17-13-7-12(15-3)8-16-9-13/h7-11,14-15,17H,4-6H2,1-3H3. The molecule has 1 heterocycles. The average molecular weight is 233 g/mol. The third-order valence-electron chi connectivity index (χ3n) is 3.81. The zero-order chi connectivity index (χ0) is 12.3. The second kappa shape index (κ2) is 5.39. The molecule has 17 heavy (non-hydrogen) atoms. The Bertz CT molecular complexity index is 364. The van der Waals surface area contributed by atoms with E-state index in [0.717, 1.165) is 23.2 Å². The van der Waals surface area contributed by atoms with Crippen molar-refractivity contribution in [1.82, 2.24) is 4.98 Å². The van der Waals surface area contributed by atoms with E-state index in [4.69, 9.17) is 0 Å². The van der Waals surface area contributed by atoms with Gasteiger partial charge in [0.15, 0.2) is 0 Å². The van der Waals surface area contributed by atoms with Crippen molar-refractivity contribution in [3.63, 3.8) is 0 Å². The smallest absolute Gasteiger partial charge is 0.0549 e. The molecule has 3 atom stereocenters. The number of anilines is 2. The molecule has 2 rings (SSSR count). The van der Waals surface area contributed by atoms with E-state index in [1.807, 2.05) is 19.4 Å². The van der Waals surface area contributed by atoms with Crippen molar-refractivity contribution < 1.29 is 0 Å². The average Bonchev–Trinajstić information content (AvgIpc) is 2.33. The molecule has 3 heteroatoms. The molecule has 0 amide bonds. The number of pyridine rings is 1. The van der Waals surface area contributed by atoms with E-state index in [9.17, 15) is 0 Å². The molecule has 1 aliphatic carbocycles. The van der Waals surface area contributed by atoms with Gasteiger partial charge in [-0.3, -0.25) is 4.98 Å². The second-order valence-corrected chi connectivity index (χ2v) is 5.36. The SMILES string of the molecule is CNc1cncc(NC2CCC(C)CC2C)c1. The summed E-state index contributed by atoms with van der Waals surface area (Å²) >= 11 is 0. The second-order valence-electron chi connectivity index (χ2n) is 5.36. The van der Waals surface area contributed by atoms with Crippen molar-refractivity contribution in [3.05, 3.63) is 18.5 Å². The van der Waals surface area contributed by atoms with Crippen LogP contribution in [0.4, 0.5) is 11.4 Å². The number of hydrogen-bond acceptors (Lipinski definition) is 3. The van der Waals surface area contributed by atoms with E-state index in [-0.39, 0.29) is 0 Å². The molecule has 3 unspecified atom stereocenters. The molecule has 1 saturated carbocycles. The molecule has 1 fully saturated rings. The molecule has 2 N–H and O–H groups in total. The first kappa shape index (κ1) is 12.2. The van der Waals surface area contributed by atoms with Gasteiger partial charge in [-0.15, -0.1) is 0 Å². The molecule has 0 saturated heterocycles. The van der Waals surface area contributed by atoms with Crippen LogP contribution in [0.3, 0.4) is 0 Å². The highest BCUT2D eigenvalue weighted by molar-refractivity contribution is 5.54. The lowest BCUT2D eigenvalue weighted by atomic mass is 9.80. The van der Waals surface area contributed by atoms with Gasteiger partial charge in [-0.2, -0.15) is 0 Å². The van der Waals surface area contributed by atoms with E-state index in [1.54, 1.807) is 0 Å². The fourth-order valence-electron chi connectivity index (χ4n) is 2.75. The van der Waals surface area contributed by atoms with E-state index < -0.39 is 0 Å². The minimum Gasteiger partial charge on any atom is -0.387 e. The summed E-state index contributed by atoms with van der Waals surface area (Å²) in [6.07, 6.45) is 7.69. The van der Waals surface area contributed by atoms with Crippen LogP contribution in [0.15, 0.2) is 18.5 Å². The molecule has 0 aromatic carbocycles. The monoisotopic (exact) mass is 233 g/mol. The molecule has 0 spiro atoms. The van der Waals surface area contributed by atoms with Gasteiger partial charge >= 0.3 is 0 Å². The maximum absolute atomic E-state index is 4.24. The van der Waals surface area contributed by atoms with Gasteiger partial charge in [0.1, 0.15) is 0 Å². The van der Waals surface area contributed by atoms with Crippen LogP contribution in [0.5, 0.6) is 0 Å². The topological polar surface area (TPSA) is 37.0 Å². The molecular formula is C14H23N3. The van der Waals surface area contributed by atoms with Crippen LogP contribution in [0.2, 0.25) is 0 Å². The maximum Gasteiger partial charge on any atom is 0.0549 e. The van der Waals surface area contributed by atoms with E-state index in [1.165, 1.54) is 19.3 Å². The van der Waals surface area contributed by atoms with Gasteiger partial charge in [-0.25, -0.2) is 0 Å². The minimum absolute atomic E-state index is 0.597. The summed E-state index contributed by atoms with van der Waals surface area (Å²) in [5.41, 5.74) is 2.19. The summed E-state index contributed by atoms with van der Waals surface area (Å²) in [6.45, 7) is 4.71. The molecule has 1 aliphatic rings. The Hall–Kier alpha value is -1.25. The number of nitrogens with one attached hydrogen (secondary N) is 2. The third kappa shape index (κ3) is 3.11. The van der Waals surface area contributed by atoms with Crippen molar-refractivity contribution in [2.24, 2.45) is 11.8 Å². The first-order valence-electron chi connectivity index (χ1n) is 6.58. The van der Waals surface area contributed by atoms with Crippen molar-refractivity contribution in [2.75, 3.05) is 17.7 Å². The van der Waals surface area contributed by atoms with Gasteiger partial charge < -0.3 is 10.6 Å². The van der Waals surface area contributed by atoms with Gasteiger partial charge in [0, 0.05) is 13.1 Å². The lowest BCUT2D eigenvalue weighted by molar-refractivity contribution is 0.276. The van der Waals surface area contributed by atoms with Crippen LogP contribution >= 0.6 is 0 Å². The maximum atomic E-state index is 4.24. The normalized spacial score (nSPS) is 28.8. The Labute approximate surface area is 104 Å². The van der Waals surface area contributed by atoms with E-state index in [0.29, 0.717) is 6.04 Å². The van der Waals surface area contributed by atoms with E-state index >= 15 is 0 Å². The highest BCUT2D eigenvalue weighted by atomic mass is 15.0. The third-order valence-corrected chi connectivity index (χ3v) is 3.81. The van der Waals surface area contributed by atoms with Gasteiger partial charge in [0.25, 0.3) is 0 Å². The Kier molecular flexibility index (Phi) is 3.87. The van der Waals surface area contributed by atoms with Gasteiger partial charge in [-0.1, -0.05) is 13.8 Å². The van der Waals surface area contributed by atoms with Crippen molar-refractivity contribution >= 4 is 11.4 Å². The zero-order valence-electron chi connectivity index (χ0n) is 11.0. The molecule has 1 aromatic rings. The van der Waals surface area contributed by atoms with Gasteiger partial charge in [0.2, 0.25) is 0 Å². The predicted molar refractivity (Wildman–Crippen MR) is 73.4 cm³/mol. The first-order chi connectivity index (χ1) is 8.19. The Morgan fingerprint density at radius 2 is 1.94 bits per heavy atom. The van der Waals surface area contributed by atoms with Crippen LogP contribution in [0.25, 0.3) is 0 Å². The largest absolute Gasteiger partial charge is 0.387 e. The lowest BCUT2D eigenvalue weighted by Gasteiger charge is -2.33. The van der Waals surface area contributed by atoms with Crippen molar-refractivity contribution in [1.29, 1.82) is 0 Å².